The second-order valence-corrected chi connectivity index (χ2v) is 8.28. The molecular formula is C13H27ClN2O2S. The molecule has 1 fully saturated rings. The maximum Gasteiger partial charge on any atom is 0.214 e. The monoisotopic (exact) mass is 310 g/mol. The molecule has 0 aromatic carbocycles. The Kier molecular flexibility index (Phi) is 7.08. The Morgan fingerprint density at radius 1 is 1.11 bits per heavy atom. The van der Waals surface area contributed by atoms with E-state index in [-0.39, 0.29) is 11.7 Å². The van der Waals surface area contributed by atoms with Crippen LogP contribution in [-0.2, 0) is 10.0 Å². The molecule has 6 heteroatoms. The summed E-state index contributed by atoms with van der Waals surface area (Å²) >= 11 is 5.70. The predicted molar refractivity (Wildman–Crippen MR) is 81.1 cm³/mol. The number of nitrogens with zero attached hydrogens (tertiary/aromatic N) is 2. The molecule has 1 unspecified atom stereocenters. The maximum atomic E-state index is 12.2. The second kappa shape index (κ2) is 7.81. The van der Waals surface area contributed by atoms with Gasteiger partial charge in [-0.25, -0.2) is 8.42 Å². The lowest BCUT2D eigenvalue weighted by Crippen LogP contribution is -2.50. The van der Waals surface area contributed by atoms with Crippen LogP contribution in [0.3, 0.4) is 0 Å². The van der Waals surface area contributed by atoms with Crippen molar-refractivity contribution in [3.63, 3.8) is 0 Å². The fourth-order valence-corrected chi connectivity index (χ4v) is 4.19. The van der Waals surface area contributed by atoms with Crippen LogP contribution < -0.4 is 0 Å². The fourth-order valence-electron chi connectivity index (χ4n) is 2.18. The SMILES string of the molecule is CC(C)CCN1CCN(S(=O)(=O)CC(C)CCl)CC1. The molecular weight excluding hydrogens is 284 g/mol. The van der Waals surface area contributed by atoms with Crippen molar-refractivity contribution in [2.75, 3.05) is 44.4 Å². The molecule has 114 valence electrons. The van der Waals surface area contributed by atoms with Crippen LogP contribution >= 0.6 is 11.6 Å². The van der Waals surface area contributed by atoms with Gasteiger partial charge in [-0.1, -0.05) is 20.8 Å². The largest absolute Gasteiger partial charge is 0.301 e. The van der Waals surface area contributed by atoms with Gasteiger partial charge in [0, 0.05) is 32.1 Å². The molecule has 1 rings (SSSR count). The molecule has 0 aromatic heterocycles. The number of halogens is 1. The van der Waals surface area contributed by atoms with E-state index in [9.17, 15) is 8.42 Å². The predicted octanol–water partition coefficient (Wildman–Crippen LogP) is 1.85. The van der Waals surface area contributed by atoms with E-state index < -0.39 is 10.0 Å². The van der Waals surface area contributed by atoms with Crippen molar-refractivity contribution in [3.05, 3.63) is 0 Å². The van der Waals surface area contributed by atoms with Gasteiger partial charge in [-0.05, 0) is 24.8 Å². The summed E-state index contributed by atoms with van der Waals surface area (Å²) in [6.45, 7) is 10.3. The lowest BCUT2D eigenvalue weighted by atomic mass is 10.1. The van der Waals surface area contributed by atoms with Crippen molar-refractivity contribution < 1.29 is 8.42 Å². The van der Waals surface area contributed by atoms with Crippen molar-refractivity contribution in [2.24, 2.45) is 11.8 Å². The van der Waals surface area contributed by atoms with E-state index in [2.05, 4.69) is 18.7 Å². The number of hydrogen-bond acceptors (Lipinski definition) is 3. The number of hydrogen-bond donors (Lipinski definition) is 0. The molecule has 0 bridgehead atoms. The fraction of sp³-hybridized carbons (Fsp3) is 1.00. The average molecular weight is 311 g/mol. The quantitative estimate of drug-likeness (QED) is 0.674. The zero-order valence-electron chi connectivity index (χ0n) is 12.3. The lowest BCUT2D eigenvalue weighted by molar-refractivity contribution is 0.180. The van der Waals surface area contributed by atoms with Gasteiger partial charge in [-0.15, -0.1) is 11.6 Å². The van der Waals surface area contributed by atoms with E-state index in [0.29, 0.717) is 24.9 Å². The molecule has 1 aliphatic heterocycles. The summed E-state index contributed by atoms with van der Waals surface area (Å²) in [7, 11) is -3.13. The minimum Gasteiger partial charge on any atom is -0.301 e. The highest BCUT2D eigenvalue weighted by atomic mass is 35.5. The average Bonchev–Trinajstić information content (AvgIpc) is 2.36. The maximum absolute atomic E-state index is 12.2. The number of piperazine rings is 1. The van der Waals surface area contributed by atoms with Crippen molar-refractivity contribution in [2.45, 2.75) is 27.2 Å². The lowest BCUT2D eigenvalue weighted by Gasteiger charge is -2.34. The van der Waals surface area contributed by atoms with Crippen molar-refractivity contribution in [1.82, 2.24) is 9.21 Å². The topological polar surface area (TPSA) is 40.6 Å². The minimum absolute atomic E-state index is 0.0191. The van der Waals surface area contributed by atoms with Gasteiger partial charge in [0.2, 0.25) is 10.0 Å². The van der Waals surface area contributed by atoms with Crippen LogP contribution in [0, 0.1) is 11.8 Å². The summed E-state index contributed by atoms with van der Waals surface area (Å²) in [5.74, 6) is 1.28. The van der Waals surface area contributed by atoms with Crippen molar-refractivity contribution >= 4 is 21.6 Å². The van der Waals surface area contributed by atoms with E-state index in [1.807, 2.05) is 6.92 Å². The molecule has 4 nitrogen and oxygen atoms in total. The summed E-state index contributed by atoms with van der Waals surface area (Å²) in [6.07, 6.45) is 1.18. The smallest absolute Gasteiger partial charge is 0.214 e. The Morgan fingerprint density at radius 2 is 1.68 bits per heavy atom. The van der Waals surface area contributed by atoms with Crippen LogP contribution in [0.15, 0.2) is 0 Å². The first-order chi connectivity index (χ1) is 8.85. The van der Waals surface area contributed by atoms with Crippen LogP contribution in [0.4, 0.5) is 0 Å². The Labute approximate surface area is 123 Å². The molecule has 0 aliphatic carbocycles. The number of sulfonamides is 1. The highest BCUT2D eigenvalue weighted by Gasteiger charge is 2.27. The first-order valence-corrected chi connectivity index (χ1v) is 9.25. The third-order valence-electron chi connectivity index (χ3n) is 3.51. The van der Waals surface area contributed by atoms with Gasteiger partial charge in [-0.2, -0.15) is 4.31 Å². The molecule has 0 saturated carbocycles. The Balaban J connectivity index is 2.40. The summed E-state index contributed by atoms with van der Waals surface area (Å²) in [4.78, 5) is 2.36. The van der Waals surface area contributed by atoms with E-state index in [1.165, 1.54) is 6.42 Å². The third kappa shape index (κ3) is 5.98. The van der Waals surface area contributed by atoms with Crippen LogP contribution in [0.5, 0.6) is 0 Å². The molecule has 19 heavy (non-hydrogen) atoms. The van der Waals surface area contributed by atoms with Crippen LogP contribution in [0.1, 0.15) is 27.2 Å². The summed E-state index contributed by atoms with van der Waals surface area (Å²) < 4.78 is 26.0. The standard InChI is InChI=1S/C13H27ClN2O2S/c1-12(2)4-5-15-6-8-16(9-7-15)19(17,18)11-13(3)10-14/h12-13H,4-11H2,1-3H3. The number of alkyl halides is 1. The second-order valence-electron chi connectivity index (χ2n) is 5.96. The van der Waals surface area contributed by atoms with Gasteiger partial charge >= 0.3 is 0 Å². The summed E-state index contributed by atoms with van der Waals surface area (Å²) in [6, 6.07) is 0. The minimum atomic E-state index is -3.13. The van der Waals surface area contributed by atoms with Gasteiger partial charge in [0.1, 0.15) is 0 Å². The van der Waals surface area contributed by atoms with Gasteiger partial charge in [-0.3, -0.25) is 0 Å². The molecule has 0 N–H and O–H groups in total. The molecule has 0 spiro atoms. The zero-order valence-corrected chi connectivity index (χ0v) is 13.9. The first kappa shape index (κ1) is 17.2. The first-order valence-electron chi connectivity index (χ1n) is 7.11. The summed E-state index contributed by atoms with van der Waals surface area (Å²) in [5, 5.41) is 0. The molecule has 0 radical (unpaired) electrons. The van der Waals surface area contributed by atoms with Crippen LogP contribution in [-0.4, -0.2) is 62.0 Å². The van der Waals surface area contributed by atoms with Gasteiger partial charge < -0.3 is 4.90 Å². The van der Waals surface area contributed by atoms with E-state index in [0.717, 1.165) is 19.6 Å². The van der Waals surface area contributed by atoms with Crippen LogP contribution in [0.2, 0.25) is 0 Å². The highest BCUT2D eigenvalue weighted by Crippen LogP contribution is 2.13. The zero-order chi connectivity index (χ0) is 14.5. The van der Waals surface area contributed by atoms with E-state index in [4.69, 9.17) is 11.6 Å². The molecule has 1 saturated heterocycles. The van der Waals surface area contributed by atoms with Gasteiger partial charge in [0.25, 0.3) is 0 Å². The van der Waals surface area contributed by atoms with E-state index in [1.54, 1.807) is 4.31 Å². The van der Waals surface area contributed by atoms with Gasteiger partial charge in [0.15, 0.2) is 0 Å². The molecule has 0 aromatic rings. The molecule has 1 aliphatic rings. The third-order valence-corrected chi connectivity index (χ3v) is 6.17. The summed E-state index contributed by atoms with van der Waals surface area (Å²) in [5.41, 5.74) is 0. The van der Waals surface area contributed by atoms with Crippen molar-refractivity contribution in [1.29, 1.82) is 0 Å². The number of rotatable bonds is 7. The van der Waals surface area contributed by atoms with E-state index >= 15 is 0 Å². The highest BCUT2D eigenvalue weighted by molar-refractivity contribution is 7.89. The van der Waals surface area contributed by atoms with Crippen molar-refractivity contribution in [3.8, 4) is 0 Å². The molecule has 1 atom stereocenters. The molecule has 0 amide bonds. The Bertz CT molecular complexity index is 352. The Hall–Kier alpha value is 0.160. The van der Waals surface area contributed by atoms with Gasteiger partial charge in [0.05, 0.1) is 5.75 Å². The molecule has 1 heterocycles. The Morgan fingerprint density at radius 3 is 2.16 bits per heavy atom. The normalized spacial score (nSPS) is 20.9. The van der Waals surface area contributed by atoms with Crippen LogP contribution in [0.25, 0.3) is 0 Å².